The van der Waals surface area contributed by atoms with Crippen LogP contribution in [0.1, 0.15) is 27.7 Å². The lowest BCUT2D eigenvalue weighted by Gasteiger charge is -2.29. The second-order valence-electron chi connectivity index (χ2n) is 4.72. The minimum atomic E-state index is 0.256. The minimum absolute atomic E-state index is 0.256. The van der Waals surface area contributed by atoms with Crippen molar-refractivity contribution in [2.45, 2.75) is 27.7 Å². The number of anilines is 1. The Morgan fingerprint density at radius 3 is 2.33 bits per heavy atom. The summed E-state index contributed by atoms with van der Waals surface area (Å²) in [5, 5.41) is 3.27. The molecule has 1 N–H and O–H groups in total. The molecule has 0 fully saturated rings. The van der Waals surface area contributed by atoms with Crippen molar-refractivity contribution in [3.63, 3.8) is 0 Å². The van der Waals surface area contributed by atoms with Gasteiger partial charge in [0.1, 0.15) is 0 Å². The van der Waals surface area contributed by atoms with E-state index in [9.17, 15) is 0 Å². The van der Waals surface area contributed by atoms with Crippen LogP contribution in [0, 0.1) is 14.9 Å². The van der Waals surface area contributed by atoms with E-state index in [4.69, 9.17) is 0 Å². The monoisotopic (exact) mass is 319 g/mol. The summed E-state index contributed by atoms with van der Waals surface area (Å²) in [5.41, 5.74) is 0.256. The third-order valence-electron chi connectivity index (χ3n) is 2.89. The first kappa shape index (κ1) is 12.7. The van der Waals surface area contributed by atoms with E-state index in [1.165, 1.54) is 0 Å². The quantitative estimate of drug-likeness (QED) is 0.866. The summed E-state index contributed by atoms with van der Waals surface area (Å²) in [6.45, 7) is 9.85. The highest BCUT2D eigenvalue weighted by Crippen LogP contribution is 2.25. The van der Waals surface area contributed by atoms with Gasteiger partial charge in [-0.3, -0.25) is 0 Å². The molecular formula is C11H18IN3. The summed E-state index contributed by atoms with van der Waals surface area (Å²) in [5.74, 6) is 1.35. The van der Waals surface area contributed by atoms with Gasteiger partial charge in [-0.15, -0.1) is 0 Å². The highest BCUT2D eigenvalue weighted by molar-refractivity contribution is 14.1. The van der Waals surface area contributed by atoms with E-state index >= 15 is 0 Å². The van der Waals surface area contributed by atoms with Gasteiger partial charge in [0, 0.05) is 22.5 Å². The maximum Gasteiger partial charge on any atom is 0.222 e. The van der Waals surface area contributed by atoms with Crippen LogP contribution in [0.2, 0.25) is 0 Å². The van der Waals surface area contributed by atoms with E-state index in [1.54, 1.807) is 0 Å². The molecule has 0 spiro atoms. The Bertz CT molecular complexity index is 306. The van der Waals surface area contributed by atoms with Crippen molar-refractivity contribution in [3.8, 4) is 0 Å². The maximum atomic E-state index is 4.21. The van der Waals surface area contributed by atoms with Gasteiger partial charge in [0.15, 0.2) is 0 Å². The van der Waals surface area contributed by atoms with Crippen molar-refractivity contribution in [1.29, 1.82) is 0 Å². The first-order valence-electron chi connectivity index (χ1n) is 5.13. The van der Waals surface area contributed by atoms with Gasteiger partial charge in [-0.25, -0.2) is 9.97 Å². The van der Waals surface area contributed by atoms with Crippen LogP contribution in [0.15, 0.2) is 12.4 Å². The van der Waals surface area contributed by atoms with Crippen LogP contribution < -0.4 is 5.32 Å². The molecule has 0 amide bonds. The minimum Gasteiger partial charge on any atom is -0.354 e. The fraction of sp³-hybridized carbons (Fsp3) is 0.636. The van der Waals surface area contributed by atoms with Gasteiger partial charge >= 0.3 is 0 Å². The van der Waals surface area contributed by atoms with Crippen molar-refractivity contribution in [3.05, 3.63) is 16.0 Å². The van der Waals surface area contributed by atoms with Crippen LogP contribution in [0.25, 0.3) is 0 Å². The van der Waals surface area contributed by atoms with E-state index in [2.05, 4.69) is 65.6 Å². The highest BCUT2D eigenvalue weighted by Gasteiger charge is 2.22. The molecule has 0 unspecified atom stereocenters. The number of halogens is 1. The molecule has 0 aromatic carbocycles. The molecule has 1 rings (SSSR count). The summed E-state index contributed by atoms with van der Waals surface area (Å²) in [4.78, 5) is 8.42. The fourth-order valence-electron chi connectivity index (χ4n) is 0.915. The molecule has 0 aliphatic carbocycles. The molecular weight excluding hydrogens is 301 g/mol. The predicted octanol–water partition coefficient (Wildman–Crippen LogP) is 3.18. The molecule has 0 saturated heterocycles. The molecule has 15 heavy (non-hydrogen) atoms. The van der Waals surface area contributed by atoms with Crippen molar-refractivity contribution < 1.29 is 0 Å². The summed E-state index contributed by atoms with van der Waals surface area (Å²) in [6.07, 6.45) is 3.64. The fourth-order valence-corrected chi connectivity index (χ4v) is 1.19. The molecule has 1 aromatic rings. The lowest BCUT2D eigenvalue weighted by Crippen LogP contribution is -2.29. The van der Waals surface area contributed by atoms with E-state index < -0.39 is 0 Å². The summed E-state index contributed by atoms with van der Waals surface area (Å²) in [6, 6.07) is 0. The van der Waals surface area contributed by atoms with Crippen molar-refractivity contribution >= 4 is 28.5 Å². The Morgan fingerprint density at radius 1 is 1.33 bits per heavy atom. The number of aromatic nitrogens is 2. The number of rotatable bonds is 4. The topological polar surface area (TPSA) is 37.8 Å². The zero-order valence-electron chi connectivity index (χ0n) is 9.71. The number of hydrogen-bond donors (Lipinski definition) is 1. The smallest absolute Gasteiger partial charge is 0.222 e. The standard InChI is InChI=1S/C11H18IN3/c1-8(2)11(3,4)7-15-10-13-5-9(12)6-14-10/h5-6,8H,7H2,1-4H3,(H,13,14,15). The average molecular weight is 319 g/mol. The molecule has 0 atom stereocenters. The van der Waals surface area contributed by atoms with Gasteiger partial charge in [-0.2, -0.15) is 0 Å². The number of nitrogens with one attached hydrogen (secondary N) is 1. The van der Waals surface area contributed by atoms with Gasteiger partial charge in [0.2, 0.25) is 5.95 Å². The lowest BCUT2D eigenvalue weighted by atomic mass is 9.81. The third kappa shape index (κ3) is 3.93. The number of hydrogen-bond acceptors (Lipinski definition) is 3. The van der Waals surface area contributed by atoms with Crippen molar-refractivity contribution in [2.24, 2.45) is 11.3 Å². The van der Waals surface area contributed by atoms with Crippen LogP contribution in [-0.4, -0.2) is 16.5 Å². The zero-order valence-corrected chi connectivity index (χ0v) is 11.9. The highest BCUT2D eigenvalue weighted by atomic mass is 127. The average Bonchev–Trinajstić information content (AvgIpc) is 2.17. The lowest BCUT2D eigenvalue weighted by molar-refractivity contribution is 0.269. The molecule has 0 aliphatic heterocycles. The van der Waals surface area contributed by atoms with Crippen molar-refractivity contribution in [1.82, 2.24) is 9.97 Å². The summed E-state index contributed by atoms with van der Waals surface area (Å²) >= 11 is 2.20. The Kier molecular flexibility index (Phi) is 4.31. The normalized spacial score (nSPS) is 11.9. The van der Waals surface area contributed by atoms with E-state index in [1.807, 2.05) is 12.4 Å². The molecule has 1 heterocycles. The summed E-state index contributed by atoms with van der Waals surface area (Å²) in [7, 11) is 0. The molecule has 0 bridgehead atoms. The van der Waals surface area contributed by atoms with Crippen LogP contribution in [0.3, 0.4) is 0 Å². The molecule has 4 heteroatoms. The zero-order chi connectivity index (χ0) is 11.5. The predicted molar refractivity (Wildman–Crippen MR) is 71.9 cm³/mol. The third-order valence-corrected chi connectivity index (χ3v) is 3.44. The Balaban J connectivity index is 2.54. The Hall–Kier alpha value is -0.390. The first-order valence-corrected chi connectivity index (χ1v) is 6.21. The SMILES string of the molecule is CC(C)C(C)(C)CNc1ncc(I)cn1. The molecule has 3 nitrogen and oxygen atoms in total. The van der Waals surface area contributed by atoms with E-state index in [0.29, 0.717) is 11.9 Å². The van der Waals surface area contributed by atoms with Gasteiger partial charge in [-0.05, 0) is 33.9 Å². The Labute approximate surface area is 105 Å². The molecule has 0 aliphatic rings. The van der Waals surface area contributed by atoms with Gasteiger partial charge in [-0.1, -0.05) is 27.7 Å². The van der Waals surface area contributed by atoms with E-state index in [0.717, 1.165) is 10.1 Å². The van der Waals surface area contributed by atoms with E-state index in [-0.39, 0.29) is 5.41 Å². The second-order valence-corrected chi connectivity index (χ2v) is 5.97. The van der Waals surface area contributed by atoms with Gasteiger partial charge in [0.25, 0.3) is 0 Å². The van der Waals surface area contributed by atoms with Crippen molar-refractivity contribution in [2.75, 3.05) is 11.9 Å². The van der Waals surface area contributed by atoms with Crippen LogP contribution in [-0.2, 0) is 0 Å². The maximum absolute atomic E-state index is 4.21. The van der Waals surface area contributed by atoms with Crippen LogP contribution >= 0.6 is 22.6 Å². The van der Waals surface area contributed by atoms with Gasteiger partial charge in [0.05, 0.1) is 0 Å². The molecule has 0 radical (unpaired) electrons. The van der Waals surface area contributed by atoms with Crippen LogP contribution in [0.4, 0.5) is 5.95 Å². The first-order chi connectivity index (χ1) is 6.92. The number of nitrogens with zero attached hydrogens (tertiary/aromatic N) is 2. The summed E-state index contributed by atoms with van der Waals surface area (Å²) < 4.78 is 1.06. The Morgan fingerprint density at radius 2 is 1.87 bits per heavy atom. The molecule has 84 valence electrons. The molecule has 1 aromatic heterocycles. The molecule has 0 saturated carbocycles. The van der Waals surface area contributed by atoms with Crippen LogP contribution in [0.5, 0.6) is 0 Å². The largest absolute Gasteiger partial charge is 0.354 e. The second kappa shape index (κ2) is 5.09. The van der Waals surface area contributed by atoms with Gasteiger partial charge < -0.3 is 5.32 Å².